The molecule has 0 saturated carbocycles. The van der Waals surface area contributed by atoms with E-state index in [1.807, 2.05) is 0 Å². The molecule has 1 heterocycles. The Labute approximate surface area is 148 Å². The molecule has 22 heavy (non-hydrogen) atoms. The third-order valence-corrected chi connectivity index (χ3v) is 5.80. The first-order valence-electron chi connectivity index (χ1n) is 8.64. The van der Waals surface area contributed by atoms with Crippen molar-refractivity contribution in [3.8, 4) is 10.4 Å². The van der Waals surface area contributed by atoms with Crippen LogP contribution in [0.4, 0.5) is 0 Å². The van der Waals surface area contributed by atoms with Crippen LogP contribution in [0.3, 0.4) is 0 Å². The van der Waals surface area contributed by atoms with Crippen molar-refractivity contribution in [3.05, 3.63) is 45.7 Å². The summed E-state index contributed by atoms with van der Waals surface area (Å²) < 4.78 is 1.20. The molecule has 0 aliphatic heterocycles. The topological polar surface area (TPSA) is 0 Å². The van der Waals surface area contributed by atoms with Gasteiger partial charge in [-0.05, 0) is 52.0 Å². The molecule has 0 bridgehead atoms. The van der Waals surface area contributed by atoms with E-state index in [0.717, 1.165) is 0 Å². The molecule has 0 saturated heterocycles. The van der Waals surface area contributed by atoms with Gasteiger partial charge >= 0.3 is 0 Å². The predicted octanol–water partition coefficient (Wildman–Crippen LogP) is 7.86. The summed E-state index contributed by atoms with van der Waals surface area (Å²) >= 11 is 5.33. The Hall–Kier alpha value is -0.600. The Kier molecular flexibility index (Phi) is 8.25. The lowest BCUT2D eigenvalue weighted by atomic mass is 10.0. The summed E-state index contributed by atoms with van der Waals surface area (Å²) in [4.78, 5) is 1.34. The Bertz CT molecular complexity index is 527. The molecule has 2 rings (SSSR count). The number of benzene rings is 1. The van der Waals surface area contributed by atoms with Gasteiger partial charge in [0.2, 0.25) is 0 Å². The molecule has 1 aromatic carbocycles. The van der Waals surface area contributed by atoms with Crippen LogP contribution in [-0.4, -0.2) is 0 Å². The molecule has 1 aromatic heterocycles. The molecule has 0 radical (unpaired) electrons. The summed E-state index contributed by atoms with van der Waals surface area (Å²) in [6, 6.07) is 13.4. The van der Waals surface area contributed by atoms with Crippen molar-refractivity contribution in [3.63, 3.8) is 0 Å². The highest BCUT2D eigenvalue weighted by Gasteiger charge is 2.01. The second-order valence-corrected chi connectivity index (χ2v) is 8.49. The van der Waals surface area contributed by atoms with Gasteiger partial charge in [-0.15, -0.1) is 11.3 Å². The quantitative estimate of drug-likeness (QED) is 0.369. The fourth-order valence-electron chi connectivity index (χ4n) is 2.77. The number of aryl methyl sites for hydroxylation is 1. The van der Waals surface area contributed by atoms with Gasteiger partial charge < -0.3 is 0 Å². The number of unbranched alkanes of at least 4 members (excludes halogenated alkanes) is 7. The highest BCUT2D eigenvalue weighted by atomic mass is 79.9. The van der Waals surface area contributed by atoms with Crippen LogP contribution in [0.15, 0.2) is 40.2 Å². The standard InChI is InChI=1S/C20H27BrS/c1-2-3-4-5-6-7-8-9-10-17-11-13-18(14-12-17)19-15-16-20(21)22-19/h11-16H,2-10H2,1H3. The van der Waals surface area contributed by atoms with E-state index in [0.29, 0.717) is 0 Å². The van der Waals surface area contributed by atoms with Crippen molar-refractivity contribution in [2.24, 2.45) is 0 Å². The van der Waals surface area contributed by atoms with Crippen LogP contribution in [0.1, 0.15) is 63.9 Å². The molecule has 0 nitrogen and oxygen atoms in total. The average molecular weight is 379 g/mol. The Morgan fingerprint density at radius 3 is 2.00 bits per heavy atom. The minimum absolute atomic E-state index is 1.20. The molecule has 2 aromatic rings. The zero-order valence-corrected chi connectivity index (χ0v) is 16.0. The van der Waals surface area contributed by atoms with Crippen LogP contribution in [-0.2, 0) is 6.42 Å². The first-order valence-corrected chi connectivity index (χ1v) is 10.2. The highest BCUT2D eigenvalue weighted by Crippen LogP contribution is 2.31. The van der Waals surface area contributed by atoms with E-state index in [2.05, 4.69) is 59.3 Å². The highest BCUT2D eigenvalue weighted by molar-refractivity contribution is 9.11. The smallest absolute Gasteiger partial charge is 0.0705 e. The molecule has 0 unspecified atom stereocenters. The Morgan fingerprint density at radius 1 is 0.773 bits per heavy atom. The van der Waals surface area contributed by atoms with E-state index in [-0.39, 0.29) is 0 Å². The summed E-state index contributed by atoms with van der Waals surface area (Å²) in [5.74, 6) is 0. The first kappa shape index (κ1) is 17.7. The summed E-state index contributed by atoms with van der Waals surface area (Å²) in [5, 5.41) is 0. The zero-order chi connectivity index (χ0) is 15.6. The molecule has 2 heteroatoms. The summed E-state index contributed by atoms with van der Waals surface area (Å²) in [6.07, 6.45) is 12.4. The molecule has 0 aliphatic rings. The maximum absolute atomic E-state index is 3.53. The zero-order valence-electron chi connectivity index (χ0n) is 13.6. The van der Waals surface area contributed by atoms with Gasteiger partial charge in [-0.25, -0.2) is 0 Å². The second kappa shape index (κ2) is 10.2. The van der Waals surface area contributed by atoms with Crippen molar-refractivity contribution < 1.29 is 0 Å². The van der Waals surface area contributed by atoms with E-state index < -0.39 is 0 Å². The molecular weight excluding hydrogens is 352 g/mol. The minimum Gasteiger partial charge on any atom is -0.128 e. The van der Waals surface area contributed by atoms with Gasteiger partial charge in [-0.3, -0.25) is 0 Å². The molecule has 0 spiro atoms. The number of thiophene rings is 1. The fourth-order valence-corrected chi connectivity index (χ4v) is 4.16. The van der Waals surface area contributed by atoms with Crippen LogP contribution in [0.25, 0.3) is 10.4 Å². The van der Waals surface area contributed by atoms with Gasteiger partial charge in [0.05, 0.1) is 3.79 Å². The fraction of sp³-hybridized carbons (Fsp3) is 0.500. The van der Waals surface area contributed by atoms with E-state index in [9.17, 15) is 0 Å². The predicted molar refractivity (Wildman–Crippen MR) is 104 cm³/mol. The van der Waals surface area contributed by atoms with Gasteiger partial charge in [-0.2, -0.15) is 0 Å². The SMILES string of the molecule is CCCCCCCCCCc1ccc(-c2ccc(Br)s2)cc1. The monoisotopic (exact) mass is 378 g/mol. The average Bonchev–Trinajstić information content (AvgIpc) is 2.97. The lowest BCUT2D eigenvalue weighted by Gasteiger charge is -2.04. The van der Waals surface area contributed by atoms with Crippen LogP contribution in [0, 0.1) is 0 Å². The van der Waals surface area contributed by atoms with E-state index >= 15 is 0 Å². The van der Waals surface area contributed by atoms with Gasteiger partial charge in [-0.1, -0.05) is 76.1 Å². The Morgan fingerprint density at radius 2 is 1.41 bits per heavy atom. The van der Waals surface area contributed by atoms with Crippen LogP contribution >= 0.6 is 27.3 Å². The maximum atomic E-state index is 3.53. The Balaban J connectivity index is 1.64. The second-order valence-electron chi connectivity index (χ2n) is 6.03. The molecule has 120 valence electrons. The van der Waals surface area contributed by atoms with Crippen LogP contribution < -0.4 is 0 Å². The molecule has 0 aliphatic carbocycles. The summed E-state index contributed by atoms with van der Waals surface area (Å²) in [7, 11) is 0. The van der Waals surface area contributed by atoms with Crippen molar-refractivity contribution in [2.75, 3.05) is 0 Å². The van der Waals surface area contributed by atoms with Gasteiger partial charge in [0.25, 0.3) is 0 Å². The minimum atomic E-state index is 1.20. The normalized spacial score (nSPS) is 11.0. The third-order valence-electron chi connectivity index (χ3n) is 4.13. The van der Waals surface area contributed by atoms with Crippen molar-refractivity contribution >= 4 is 27.3 Å². The van der Waals surface area contributed by atoms with Gasteiger partial charge in [0.1, 0.15) is 0 Å². The van der Waals surface area contributed by atoms with Gasteiger partial charge in [0, 0.05) is 4.88 Å². The molecule has 0 amide bonds. The molecule has 0 fully saturated rings. The van der Waals surface area contributed by atoms with Crippen LogP contribution in [0.5, 0.6) is 0 Å². The lowest BCUT2D eigenvalue weighted by molar-refractivity contribution is 0.575. The van der Waals surface area contributed by atoms with E-state index in [1.54, 1.807) is 11.3 Å². The van der Waals surface area contributed by atoms with Crippen molar-refractivity contribution in [1.82, 2.24) is 0 Å². The third kappa shape index (κ3) is 6.26. The van der Waals surface area contributed by atoms with Crippen molar-refractivity contribution in [1.29, 1.82) is 0 Å². The van der Waals surface area contributed by atoms with Crippen molar-refractivity contribution in [2.45, 2.75) is 64.7 Å². The largest absolute Gasteiger partial charge is 0.128 e. The maximum Gasteiger partial charge on any atom is 0.0705 e. The number of halogens is 1. The lowest BCUT2D eigenvalue weighted by Crippen LogP contribution is -1.86. The number of rotatable bonds is 10. The van der Waals surface area contributed by atoms with E-state index in [1.165, 1.54) is 77.6 Å². The first-order chi connectivity index (χ1) is 10.8. The molecular formula is C20H27BrS. The molecule has 0 atom stereocenters. The number of hydrogen-bond acceptors (Lipinski definition) is 1. The summed E-state index contributed by atoms with van der Waals surface area (Å²) in [6.45, 7) is 2.28. The summed E-state index contributed by atoms with van der Waals surface area (Å²) in [5.41, 5.74) is 2.81. The van der Waals surface area contributed by atoms with Crippen LogP contribution in [0.2, 0.25) is 0 Å². The van der Waals surface area contributed by atoms with E-state index in [4.69, 9.17) is 0 Å². The van der Waals surface area contributed by atoms with Gasteiger partial charge in [0.15, 0.2) is 0 Å². The molecule has 0 N–H and O–H groups in total. The number of hydrogen-bond donors (Lipinski definition) is 0.